The third-order valence-electron chi connectivity index (χ3n) is 1.65. The highest BCUT2D eigenvalue weighted by molar-refractivity contribution is 5.75. The summed E-state index contributed by atoms with van der Waals surface area (Å²) in [6, 6.07) is 0. The largest absolute Gasteiger partial charge is 0.477 e. The van der Waals surface area contributed by atoms with Crippen LogP contribution in [0, 0.1) is 0 Å². The molecule has 0 bridgehead atoms. The van der Waals surface area contributed by atoms with Gasteiger partial charge in [-0.3, -0.25) is 0 Å². The number of unbranched alkanes of at least 4 members (excludes halogenated alkanes) is 1. The number of hydrogen-bond acceptors (Lipinski definition) is 1. The minimum absolute atomic E-state index is 0.606. The lowest BCUT2D eigenvalue weighted by Crippen LogP contribution is -2.74. The summed E-state index contributed by atoms with van der Waals surface area (Å²) >= 11 is 0. The van der Waals surface area contributed by atoms with Crippen molar-refractivity contribution in [1.82, 2.24) is 0 Å². The molecular formula is C8H16NO2+. The smallest absolute Gasteiger partial charge is 0.365 e. The van der Waals surface area contributed by atoms with Crippen molar-refractivity contribution in [3.05, 3.63) is 12.7 Å². The summed E-state index contributed by atoms with van der Waals surface area (Å²) in [5.74, 6) is -0.832. The number of carbonyl (C=O) groups is 1. The normalized spacial score (nSPS) is 15.5. The molecule has 0 rings (SSSR count). The number of quaternary nitrogens is 1. The molecule has 0 unspecified atom stereocenters. The molecule has 0 saturated heterocycles. The Labute approximate surface area is 66.9 Å². The van der Waals surface area contributed by atoms with E-state index in [4.69, 9.17) is 5.11 Å². The van der Waals surface area contributed by atoms with Gasteiger partial charge in [0.05, 0.1) is 0 Å². The predicted molar refractivity (Wildman–Crippen MR) is 43.0 cm³/mol. The SMILES string of the molecule is C=CCCC[C@](C)([NH3+])C(=O)O. The van der Waals surface area contributed by atoms with Crippen LogP contribution in [0.3, 0.4) is 0 Å². The van der Waals surface area contributed by atoms with Gasteiger partial charge in [-0.05, 0) is 12.8 Å². The molecule has 0 aliphatic rings. The number of rotatable bonds is 5. The highest BCUT2D eigenvalue weighted by Gasteiger charge is 2.31. The van der Waals surface area contributed by atoms with E-state index in [9.17, 15) is 4.79 Å². The molecule has 0 aromatic rings. The molecule has 3 heteroatoms. The van der Waals surface area contributed by atoms with Gasteiger partial charge in [0.25, 0.3) is 0 Å². The monoisotopic (exact) mass is 158 g/mol. The molecule has 0 aromatic heterocycles. The second-order valence-electron chi connectivity index (χ2n) is 3.05. The average molecular weight is 158 g/mol. The fraction of sp³-hybridized carbons (Fsp3) is 0.625. The Kier molecular flexibility index (Phi) is 3.82. The van der Waals surface area contributed by atoms with Crippen molar-refractivity contribution in [3.8, 4) is 0 Å². The van der Waals surface area contributed by atoms with Crippen molar-refractivity contribution in [1.29, 1.82) is 0 Å². The lowest BCUT2D eigenvalue weighted by atomic mass is 9.96. The van der Waals surface area contributed by atoms with Gasteiger partial charge >= 0.3 is 5.97 Å². The van der Waals surface area contributed by atoms with Gasteiger partial charge in [-0.25, -0.2) is 4.79 Å². The van der Waals surface area contributed by atoms with Crippen LogP contribution in [-0.4, -0.2) is 16.6 Å². The van der Waals surface area contributed by atoms with E-state index in [-0.39, 0.29) is 0 Å². The first kappa shape index (κ1) is 10.2. The van der Waals surface area contributed by atoms with Crippen LogP contribution in [0.5, 0.6) is 0 Å². The zero-order chi connectivity index (χ0) is 8.91. The highest BCUT2D eigenvalue weighted by atomic mass is 16.4. The molecule has 11 heavy (non-hydrogen) atoms. The van der Waals surface area contributed by atoms with E-state index in [1.807, 2.05) is 0 Å². The van der Waals surface area contributed by atoms with E-state index in [0.717, 1.165) is 12.8 Å². The second-order valence-corrected chi connectivity index (χ2v) is 3.05. The fourth-order valence-corrected chi connectivity index (χ4v) is 0.743. The molecule has 3 nitrogen and oxygen atoms in total. The lowest BCUT2D eigenvalue weighted by molar-refractivity contribution is -0.457. The van der Waals surface area contributed by atoms with Gasteiger partial charge in [0.15, 0.2) is 5.54 Å². The second kappa shape index (κ2) is 4.13. The lowest BCUT2D eigenvalue weighted by Gasteiger charge is -2.13. The summed E-state index contributed by atoms with van der Waals surface area (Å²) in [4.78, 5) is 10.5. The Balaban J connectivity index is 3.72. The summed E-state index contributed by atoms with van der Waals surface area (Å²) in [6.45, 7) is 5.19. The van der Waals surface area contributed by atoms with Crippen LogP contribution in [0.25, 0.3) is 0 Å². The number of carboxylic acid groups (broad SMARTS) is 1. The Morgan fingerprint density at radius 2 is 2.36 bits per heavy atom. The van der Waals surface area contributed by atoms with E-state index in [0.29, 0.717) is 6.42 Å². The molecule has 0 aliphatic heterocycles. The highest BCUT2D eigenvalue weighted by Crippen LogP contribution is 2.08. The zero-order valence-electron chi connectivity index (χ0n) is 6.97. The quantitative estimate of drug-likeness (QED) is 0.450. The molecule has 0 aliphatic carbocycles. The maximum absolute atomic E-state index is 10.5. The predicted octanol–water partition coefficient (Wildman–Crippen LogP) is 0.428. The fourth-order valence-electron chi connectivity index (χ4n) is 0.743. The minimum Gasteiger partial charge on any atom is -0.477 e. The number of aliphatic carboxylic acids is 1. The van der Waals surface area contributed by atoms with Gasteiger partial charge in [0.1, 0.15) is 0 Å². The molecule has 0 amide bonds. The first-order valence-corrected chi connectivity index (χ1v) is 3.70. The molecular weight excluding hydrogens is 142 g/mol. The van der Waals surface area contributed by atoms with Gasteiger partial charge < -0.3 is 10.8 Å². The van der Waals surface area contributed by atoms with E-state index >= 15 is 0 Å². The number of carboxylic acids is 1. The summed E-state index contributed by atoms with van der Waals surface area (Å²) in [7, 11) is 0. The molecule has 64 valence electrons. The van der Waals surface area contributed by atoms with Gasteiger partial charge in [-0.2, -0.15) is 0 Å². The molecule has 1 atom stereocenters. The minimum atomic E-state index is -0.832. The van der Waals surface area contributed by atoms with Crippen molar-refractivity contribution in [2.24, 2.45) is 0 Å². The molecule has 0 radical (unpaired) electrons. The molecule has 4 N–H and O–H groups in total. The van der Waals surface area contributed by atoms with E-state index in [1.54, 1.807) is 13.0 Å². The molecule has 0 fully saturated rings. The Morgan fingerprint density at radius 1 is 1.82 bits per heavy atom. The van der Waals surface area contributed by atoms with Crippen molar-refractivity contribution in [2.45, 2.75) is 31.7 Å². The average Bonchev–Trinajstić information content (AvgIpc) is 1.88. The Morgan fingerprint density at radius 3 is 2.73 bits per heavy atom. The van der Waals surface area contributed by atoms with Crippen LogP contribution in [0.2, 0.25) is 0 Å². The van der Waals surface area contributed by atoms with Crippen LogP contribution in [-0.2, 0) is 4.79 Å². The van der Waals surface area contributed by atoms with Crippen molar-refractivity contribution < 1.29 is 15.6 Å². The molecule has 0 spiro atoms. The summed E-state index contributed by atoms with van der Waals surface area (Å²) < 4.78 is 0. The third-order valence-corrected chi connectivity index (χ3v) is 1.65. The first-order chi connectivity index (χ1) is 5.00. The summed E-state index contributed by atoms with van der Waals surface area (Å²) in [5.41, 5.74) is 2.78. The standard InChI is InChI=1S/C8H15NO2/c1-3-4-5-6-8(2,9)7(10)11/h3H,1,4-6,9H2,2H3,(H,10,11)/p+1/t8-/m0/s1. The van der Waals surface area contributed by atoms with Gasteiger partial charge in [-0.15, -0.1) is 6.58 Å². The topological polar surface area (TPSA) is 64.9 Å². The molecule has 0 heterocycles. The zero-order valence-corrected chi connectivity index (χ0v) is 6.97. The summed E-state index contributed by atoms with van der Waals surface area (Å²) in [5, 5.41) is 8.65. The maximum Gasteiger partial charge on any atom is 0.365 e. The number of allylic oxidation sites excluding steroid dienone is 1. The van der Waals surface area contributed by atoms with E-state index < -0.39 is 11.5 Å². The van der Waals surface area contributed by atoms with Crippen LogP contribution in [0.1, 0.15) is 26.2 Å². The van der Waals surface area contributed by atoms with Crippen molar-refractivity contribution >= 4 is 5.97 Å². The van der Waals surface area contributed by atoms with Gasteiger partial charge in [-0.1, -0.05) is 6.08 Å². The Hall–Kier alpha value is -0.830. The van der Waals surface area contributed by atoms with Crippen LogP contribution in [0.15, 0.2) is 12.7 Å². The van der Waals surface area contributed by atoms with E-state index in [1.165, 1.54) is 0 Å². The van der Waals surface area contributed by atoms with Crippen molar-refractivity contribution in [2.75, 3.05) is 0 Å². The van der Waals surface area contributed by atoms with E-state index in [2.05, 4.69) is 12.3 Å². The number of hydrogen-bond donors (Lipinski definition) is 2. The van der Waals surface area contributed by atoms with Crippen LogP contribution >= 0.6 is 0 Å². The maximum atomic E-state index is 10.5. The molecule has 0 aromatic carbocycles. The molecule has 0 saturated carbocycles. The van der Waals surface area contributed by atoms with Crippen LogP contribution < -0.4 is 5.73 Å². The third kappa shape index (κ3) is 3.78. The van der Waals surface area contributed by atoms with Crippen LogP contribution in [0.4, 0.5) is 0 Å². The summed E-state index contributed by atoms with van der Waals surface area (Å²) in [6.07, 6.45) is 4.10. The first-order valence-electron chi connectivity index (χ1n) is 3.70. The van der Waals surface area contributed by atoms with Gasteiger partial charge in [0, 0.05) is 13.3 Å². The van der Waals surface area contributed by atoms with Gasteiger partial charge in [0.2, 0.25) is 0 Å². The van der Waals surface area contributed by atoms with Crippen molar-refractivity contribution in [3.63, 3.8) is 0 Å². The Bertz CT molecular complexity index is 152.